The highest BCUT2D eigenvalue weighted by Crippen LogP contribution is 1.98. The monoisotopic (exact) mass is 203 g/mol. The van der Waals surface area contributed by atoms with Crippen molar-refractivity contribution in [2.24, 2.45) is 0 Å². The van der Waals surface area contributed by atoms with E-state index >= 15 is 0 Å². The first-order valence-corrected chi connectivity index (χ1v) is 5.87. The smallest absolute Gasteiger partial charge is 0.0476 e. The molecule has 13 heavy (non-hydrogen) atoms. The number of hydrogen-bond acceptors (Lipinski definition) is 3. The van der Waals surface area contributed by atoms with Crippen LogP contribution >= 0.6 is 11.8 Å². The molecule has 0 saturated heterocycles. The number of nitrogens with one attached hydrogen (secondary N) is 1. The standard InChI is InChI=1S/C10H21NOS/c1-4-8-13-9-6-11-10(2)5-7-12-3/h4,10-11H,1,5-9H2,2-3H3. The highest BCUT2D eigenvalue weighted by molar-refractivity contribution is 7.99. The van der Waals surface area contributed by atoms with Gasteiger partial charge in [-0.25, -0.2) is 0 Å². The molecule has 0 aliphatic heterocycles. The molecule has 0 aliphatic carbocycles. The Kier molecular flexibility index (Phi) is 10.1. The summed E-state index contributed by atoms with van der Waals surface area (Å²) in [6.45, 7) is 7.78. The average Bonchev–Trinajstić information content (AvgIpc) is 2.14. The lowest BCUT2D eigenvalue weighted by molar-refractivity contribution is 0.185. The summed E-state index contributed by atoms with van der Waals surface area (Å²) in [6.07, 6.45) is 3.03. The van der Waals surface area contributed by atoms with Crippen LogP contribution in [0.5, 0.6) is 0 Å². The Morgan fingerprint density at radius 1 is 1.62 bits per heavy atom. The Hall–Kier alpha value is 0.01000. The summed E-state index contributed by atoms with van der Waals surface area (Å²) in [4.78, 5) is 0. The highest BCUT2D eigenvalue weighted by atomic mass is 32.2. The van der Waals surface area contributed by atoms with Crippen LogP contribution < -0.4 is 5.32 Å². The van der Waals surface area contributed by atoms with E-state index in [1.807, 2.05) is 17.8 Å². The first-order valence-electron chi connectivity index (χ1n) is 4.72. The van der Waals surface area contributed by atoms with E-state index in [1.165, 1.54) is 0 Å². The van der Waals surface area contributed by atoms with Gasteiger partial charge in [-0.2, -0.15) is 11.8 Å². The normalized spacial score (nSPS) is 12.8. The molecule has 0 radical (unpaired) electrons. The van der Waals surface area contributed by atoms with Crippen LogP contribution in [0.25, 0.3) is 0 Å². The fraction of sp³-hybridized carbons (Fsp3) is 0.800. The molecule has 1 unspecified atom stereocenters. The van der Waals surface area contributed by atoms with Crippen LogP contribution in [-0.2, 0) is 4.74 Å². The van der Waals surface area contributed by atoms with Crippen LogP contribution in [0.3, 0.4) is 0 Å². The van der Waals surface area contributed by atoms with Crippen molar-refractivity contribution < 1.29 is 4.74 Å². The second-order valence-corrected chi connectivity index (χ2v) is 4.15. The molecule has 3 heteroatoms. The van der Waals surface area contributed by atoms with Gasteiger partial charge in [0.25, 0.3) is 0 Å². The van der Waals surface area contributed by atoms with Gasteiger partial charge >= 0.3 is 0 Å². The molecular weight excluding hydrogens is 182 g/mol. The van der Waals surface area contributed by atoms with Gasteiger partial charge in [-0.3, -0.25) is 0 Å². The molecule has 0 saturated carbocycles. The van der Waals surface area contributed by atoms with Gasteiger partial charge in [-0.05, 0) is 13.3 Å². The third-order valence-corrected chi connectivity index (χ3v) is 2.69. The van der Waals surface area contributed by atoms with E-state index in [1.54, 1.807) is 7.11 Å². The van der Waals surface area contributed by atoms with Gasteiger partial charge in [0.15, 0.2) is 0 Å². The maximum absolute atomic E-state index is 5.00. The van der Waals surface area contributed by atoms with E-state index in [2.05, 4.69) is 18.8 Å². The lowest BCUT2D eigenvalue weighted by Crippen LogP contribution is -2.29. The van der Waals surface area contributed by atoms with Crippen LogP contribution in [0.4, 0.5) is 0 Å². The molecule has 0 rings (SSSR count). The summed E-state index contributed by atoms with van der Waals surface area (Å²) in [5, 5.41) is 3.44. The second-order valence-electron chi connectivity index (χ2n) is 3.00. The van der Waals surface area contributed by atoms with Crippen LogP contribution in [0.15, 0.2) is 12.7 Å². The summed E-state index contributed by atoms with van der Waals surface area (Å²) in [6, 6.07) is 0.560. The molecule has 0 aliphatic rings. The van der Waals surface area contributed by atoms with Gasteiger partial charge in [-0.15, -0.1) is 6.58 Å². The quantitative estimate of drug-likeness (QED) is 0.457. The molecule has 78 valence electrons. The Morgan fingerprint density at radius 2 is 2.38 bits per heavy atom. The molecular formula is C10H21NOS. The van der Waals surface area contributed by atoms with E-state index < -0.39 is 0 Å². The summed E-state index contributed by atoms with van der Waals surface area (Å²) in [5.41, 5.74) is 0. The second kappa shape index (κ2) is 10.1. The maximum atomic E-state index is 5.00. The van der Waals surface area contributed by atoms with Crippen LogP contribution in [0, 0.1) is 0 Å². The Balaban J connectivity index is 3.07. The minimum atomic E-state index is 0.560. The zero-order valence-corrected chi connectivity index (χ0v) is 9.53. The topological polar surface area (TPSA) is 21.3 Å². The Morgan fingerprint density at radius 3 is 3.00 bits per heavy atom. The third kappa shape index (κ3) is 9.93. The molecule has 0 aromatic carbocycles. The number of ether oxygens (including phenoxy) is 1. The number of thioether (sulfide) groups is 1. The lowest BCUT2D eigenvalue weighted by Gasteiger charge is -2.12. The van der Waals surface area contributed by atoms with Crippen molar-refractivity contribution in [1.29, 1.82) is 0 Å². The summed E-state index contributed by atoms with van der Waals surface area (Å²) in [7, 11) is 1.74. The molecule has 1 N–H and O–H groups in total. The fourth-order valence-electron chi connectivity index (χ4n) is 0.941. The fourth-order valence-corrected chi connectivity index (χ4v) is 1.54. The predicted molar refractivity (Wildman–Crippen MR) is 61.5 cm³/mol. The van der Waals surface area contributed by atoms with Crippen molar-refractivity contribution in [3.8, 4) is 0 Å². The van der Waals surface area contributed by atoms with Gasteiger partial charge in [-0.1, -0.05) is 6.08 Å². The lowest BCUT2D eigenvalue weighted by atomic mass is 10.2. The van der Waals surface area contributed by atoms with Crippen molar-refractivity contribution in [3.05, 3.63) is 12.7 Å². The summed E-state index contributed by atoms with van der Waals surface area (Å²) in [5.74, 6) is 2.21. The molecule has 0 fully saturated rings. The van der Waals surface area contributed by atoms with Gasteiger partial charge in [0.1, 0.15) is 0 Å². The Bertz CT molecular complexity index is 119. The average molecular weight is 203 g/mol. The van der Waals surface area contributed by atoms with Crippen molar-refractivity contribution in [2.45, 2.75) is 19.4 Å². The minimum absolute atomic E-state index is 0.560. The number of rotatable bonds is 9. The van der Waals surface area contributed by atoms with E-state index in [9.17, 15) is 0 Å². The van der Waals surface area contributed by atoms with Crippen molar-refractivity contribution in [2.75, 3.05) is 31.8 Å². The van der Waals surface area contributed by atoms with Gasteiger partial charge in [0.2, 0.25) is 0 Å². The van der Waals surface area contributed by atoms with Gasteiger partial charge in [0.05, 0.1) is 0 Å². The minimum Gasteiger partial charge on any atom is -0.385 e. The third-order valence-electron chi connectivity index (χ3n) is 1.73. The molecule has 2 nitrogen and oxygen atoms in total. The molecule has 0 aromatic rings. The molecule has 1 atom stereocenters. The maximum Gasteiger partial charge on any atom is 0.0476 e. The van der Waals surface area contributed by atoms with Crippen molar-refractivity contribution in [3.63, 3.8) is 0 Å². The molecule has 0 spiro atoms. The van der Waals surface area contributed by atoms with Gasteiger partial charge in [0, 0.05) is 37.8 Å². The van der Waals surface area contributed by atoms with Crippen molar-refractivity contribution >= 4 is 11.8 Å². The number of methoxy groups -OCH3 is 1. The van der Waals surface area contributed by atoms with Crippen molar-refractivity contribution in [1.82, 2.24) is 5.32 Å². The zero-order valence-electron chi connectivity index (χ0n) is 8.71. The number of hydrogen-bond donors (Lipinski definition) is 1. The molecule has 0 bridgehead atoms. The molecule has 0 heterocycles. The van der Waals surface area contributed by atoms with E-state index in [0.29, 0.717) is 6.04 Å². The first kappa shape index (κ1) is 13.0. The predicted octanol–water partition coefficient (Wildman–Crippen LogP) is 1.92. The van der Waals surface area contributed by atoms with E-state index in [-0.39, 0.29) is 0 Å². The molecule has 0 amide bonds. The summed E-state index contributed by atoms with van der Waals surface area (Å²) < 4.78 is 5.00. The summed E-state index contributed by atoms with van der Waals surface area (Å²) >= 11 is 1.91. The van der Waals surface area contributed by atoms with Crippen LogP contribution in [-0.4, -0.2) is 37.8 Å². The van der Waals surface area contributed by atoms with Crippen LogP contribution in [0.1, 0.15) is 13.3 Å². The first-order chi connectivity index (χ1) is 6.31. The van der Waals surface area contributed by atoms with E-state index in [4.69, 9.17) is 4.74 Å². The largest absolute Gasteiger partial charge is 0.385 e. The Labute approximate surface area is 86.1 Å². The van der Waals surface area contributed by atoms with Crippen LogP contribution in [0.2, 0.25) is 0 Å². The van der Waals surface area contributed by atoms with Gasteiger partial charge < -0.3 is 10.1 Å². The SMILES string of the molecule is C=CCSCCNC(C)CCOC. The molecule has 0 aromatic heterocycles. The highest BCUT2D eigenvalue weighted by Gasteiger charge is 1.98. The van der Waals surface area contributed by atoms with E-state index in [0.717, 1.165) is 31.1 Å². The zero-order chi connectivity index (χ0) is 9.94.